The third-order valence-electron chi connectivity index (χ3n) is 0.696. The first-order valence-corrected chi connectivity index (χ1v) is 21.5. The Bertz CT molecular complexity index is 154. The second kappa shape index (κ2) is 21.4. The van der Waals surface area contributed by atoms with Crippen LogP contribution in [-0.4, -0.2) is 98.5 Å². The molecule has 0 spiro atoms. The van der Waals surface area contributed by atoms with Gasteiger partial charge in [-0.1, -0.05) is 7.43 Å². The van der Waals surface area contributed by atoms with E-state index in [-0.39, 0.29) is 18.4 Å². The maximum atomic E-state index is 8.52. The maximum absolute atomic E-state index is 8.52. The molecule has 20 heavy (non-hydrogen) atoms. The topological polar surface area (TPSA) is 173 Å². The first kappa shape index (κ1) is 33.9. The van der Waals surface area contributed by atoms with E-state index in [2.05, 4.69) is 14.1 Å². The summed E-state index contributed by atoms with van der Waals surface area (Å²) in [5.41, 5.74) is 8.78. The Morgan fingerprint density at radius 1 is 0.850 bits per heavy atom. The molecule has 1 fully saturated rings. The fourth-order valence-electron chi connectivity index (χ4n) is 0.501. The molecule has 1 saturated heterocycles. The SMILES string of the molecule is C.C[As](O)O.C[As](O)O[As](C)O.C[As]1O[As](C)O1.O.[OH3+]. The van der Waals surface area contributed by atoms with Gasteiger partial charge in [-0.25, -0.2) is 0 Å². The molecule has 1 heterocycles. The molecule has 0 bridgehead atoms. The van der Waals surface area contributed by atoms with Gasteiger partial charge in [0, 0.05) is 0 Å². The molecule has 0 aromatic carbocycles. The molecule has 9 nitrogen and oxygen atoms in total. The van der Waals surface area contributed by atoms with Crippen molar-refractivity contribution in [2.75, 3.05) is 0 Å². The van der Waals surface area contributed by atoms with Gasteiger partial charge < -0.3 is 11.0 Å². The van der Waals surface area contributed by atoms with Crippen molar-refractivity contribution in [3.8, 4) is 0 Å². The van der Waals surface area contributed by atoms with Crippen molar-refractivity contribution in [3.05, 3.63) is 0 Å². The van der Waals surface area contributed by atoms with Crippen LogP contribution in [0.5, 0.6) is 0 Å². The van der Waals surface area contributed by atoms with E-state index < -0.39 is 76.7 Å². The quantitative estimate of drug-likeness (QED) is 0.195. The fraction of sp³-hybridized carbons (Fsp3) is 1.00. The molecule has 130 valence electrons. The zero-order valence-corrected chi connectivity index (χ0v) is 20.7. The van der Waals surface area contributed by atoms with Gasteiger partial charge in [-0.2, -0.15) is 0 Å². The zero-order valence-electron chi connectivity index (χ0n) is 11.3. The van der Waals surface area contributed by atoms with E-state index in [4.69, 9.17) is 21.8 Å². The minimum absolute atomic E-state index is 0. The summed E-state index contributed by atoms with van der Waals surface area (Å²) in [7, 11) is 0. The van der Waals surface area contributed by atoms with Crippen LogP contribution in [0.25, 0.3) is 0 Å². The summed E-state index contributed by atoms with van der Waals surface area (Å²) in [6, 6.07) is 0. The fourth-order valence-corrected chi connectivity index (χ4v) is 13.5. The van der Waals surface area contributed by atoms with Crippen molar-refractivity contribution in [1.82, 2.24) is 0 Å². The third-order valence-corrected chi connectivity index (χ3v) is 18.8. The van der Waals surface area contributed by atoms with Crippen molar-refractivity contribution in [3.63, 3.8) is 0 Å². The molecular weight excluding hydrogens is 591 g/mol. The van der Waals surface area contributed by atoms with E-state index in [1.165, 1.54) is 5.71 Å². The Morgan fingerprint density at radius 2 is 1.05 bits per heavy atom. The largest absolute Gasteiger partial charge is 0.457 e. The van der Waals surface area contributed by atoms with Gasteiger partial charge in [0.25, 0.3) is 0 Å². The van der Waals surface area contributed by atoms with E-state index in [9.17, 15) is 0 Å². The van der Waals surface area contributed by atoms with Crippen molar-refractivity contribution >= 4 is 76.7 Å². The van der Waals surface area contributed by atoms with Crippen LogP contribution < -0.4 is 0 Å². The molecule has 0 aromatic heterocycles. The van der Waals surface area contributed by atoms with E-state index >= 15 is 0 Å². The average molecular weight is 619 g/mol. The second-order valence-corrected chi connectivity index (χ2v) is 18.6. The molecule has 1 aliphatic heterocycles. The monoisotopic (exact) mass is 619 g/mol. The number of hydrogen-bond donors (Lipinski definition) is 4. The van der Waals surface area contributed by atoms with Crippen LogP contribution in [0, 0.1) is 0 Å². The van der Waals surface area contributed by atoms with Crippen LogP contribution in [0.3, 0.4) is 0 Å². The second-order valence-electron chi connectivity index (χ2n) is 2.54. The van der Waals surface area contributed by atoms with Crippen LogP contribution in [-0.2, 0) is 13.6 Å². The molecule has 0 aliphatic carbocycles. The summed E-state index contributed by atoms with van der Waals surface area (Å²) < 4.78 is 47.6. The van der Waals surface area contributed by atoms with E-state index in [1.54, 1.807) is 11.4 Å². The van der Waals surface area contributed by atoms with Gasteiger partial charge >= 0.3 is 130 Å². The first-order chi connectivity index (χ1) is 7.65. The normalized spacial score (nSPS) is 21.9. The van der Waals surface area contributed by atoms with Gasteiger partial charge in [-0.15, -0.1) is 0 Å². The van der Waals surface area contributed by atoms with Crippen molar-refractivity contribution in [2.45, 2.75) is 36.0 Å². The summed E-state index contributed by atoms with van der Waals surface area (Å²) >= 11 is -8.16. The average Bonchev–Trinajstić information content (AvgIpc) is 1.98. The van der Waals surface area contributed by atoms with Crippen LogP contribution in [0.4, 0.5) is 0 Å². The van der Waals surface area contributed by atoms with Crippen molar-refractivity contribution < 1.29 is 35.5 Å². The van der Waals surface area contributed by atoms with E-state index in [0.29, 0.717) is 0 Å². The predicted molar refractivity (Wildman–Crippen MR) is 85.4 cm³/mol. The Balaban J connectivity index is -0.0000000539. The van der Waals surface area contributed by atoms with E-state index in [0.717, 1.165) is 0 Å². The van der Waals surface area contributed by atoms with Gasteiger partial charge in [0.1, 0.15) is 0 Å². The molecule has 0 amide bonds. The van der Waals surface area contributed by atoms with Gasteiger partial charge in [-0.3, -0.25) is 0 Å². The number of rotatable bonds is 2. The summed E-state index contributed by atoms with van der Waals surface area (Å²) in [4.78, 5) is 0. The van der Waals surface area contributed by atoms with E-state index in [1.807, 2.05) is 0 Å². The molecule has 1 aliphatic rings. The Morgan fingerprint density at radius 3 is 1.05 bits per heavy atom. The molecule has 0 radical (unpaired) electrons. The van der Waals surface area contributed by atoms with Crippen LogP contribution in [0.15, 0.2) is 0 Å². The molecular formula is C6H28As5O9+. The molecule has 14 heteroatoms. The minimum atomic E-state index is -2.19. The third kappa shape index (κ3) is 37.0. The molecule has 0 saturated carbocycles. The first-order valence-electron chi connectivity index (χ1n) is 4.13. The predicted octanol–water partition coefficient (Wildman–Crippen LogP) is -2.53. The smallest absolute Gasteiger partial charge is 0.412 e. The van der Waals surface area contributed by atoms with Crippen LogP contribution in [0.1, 0.15) is 7.43 Å². The van der Waals surface area contributed by atoms with Gasteiger partial charge in [0.05, 0.1) is 0 Å². The molecule has 1 rings (SSSR count). The Hall–Kier alpha value is 2.43. The van der Waals surface area contributed by atoms with Crippen molar-refractivity contribution in [1.29, 1.82) is 0 Å². The van der Waals surface area contributed by atoms with Gasteiger partial charge in [0.15, 0.2) is 0 Å². The number of hydrogen-bond acceptors (Lipinski definition) is 7. The Kier molecular flexibility index (Phi) is 36.3. The maximum Gasteiger partial charge on any atom is -0.412 e. The summed E-state index contributed by atoms with van der Waals surface area (Å²) in [6.45, 7) is 0. The summed E-state index contributed by atoms with van der Waals surface area (Å²) in [5, 5.41) is 0. The van der Waals surface area contributed by atoms with Gasteiger partial charge in [-0.05, 0) is 0 Å². The zero-order chi connectivity index (χ0) is 14.0. The van der Waals surface area contributed by atoms with Crippen LogP contribution >= 0.6 is 0 Å². The molecule has 2 atom stereocenters. The molecule has 9 N–H and O–H groups in total. The Labute approximate surface area is 147 Å². The standard InChI is InChI=1S/C2H8As2O3.C2H6As2O2.CH5AsO2.CH4.2H2O/c1-3(5)7-4(2)6;1-3-5-4(2)6-3;1-2(3)4;;;/h5-6H,1-2H3;1-2H3;3-4H,1H3;1H4;2*1H2/p+1. The van der Waals surface area contributed by atoms with Crippen molar-refractivity contribution in [2.24, 2.45) is 0 Å². The minimum Gasteiger partial charge on any atom is -0.457 e. The van der Waals surface area contributed by atoms with Crippen LogP contribution in [0.2, 0.25) is 28.6 Å². The summed E-state index contributed by atoms with van der Waals surface area (Å²) in [6.07, 6.45) is 0. The van der Waals surface area contributed by atoms with Gasteiger partial charge in [0.2, 0.25) is 0 Å². The molecule has 2 unspecified atom stereocenters. The summed E-state index contributed by atoms with van der Waals surface area (Å²) in [5.74, 6) is 0. The molecule has 0 aromatic rings.